The van der Waals surface area contributed by atoms with E-state index < -0.39 is 0 Å². The van der Waals surface area contributed by atoms with Crippen molar-refractivity contribution in [1.29, 1.82) is 0 Å². The molecule has 0 aromatic rings. The molecule has 0 spiro atoms. The largest absolute Gasteiger partial charge is 0.468 e. The predicted octanol–water partition coefficient (Wildman–Crippen LogP) is 1.33. The van der Waals surface area contributed by atoms with Crippen LogP contribution >= 0.6 is 0 Å². The second-order valence-electron chi connectivity index (χ2n) is 4.39. The third-order valence-electron chi connectivity index (χ3n) is 2.53. The van der Waals surface area contributed by atoms with E-state index in [0.29, 0.717) is 12.0 Å². The van der Waals surface area contributed by atoms with Gasteiger partial charge in [0.1, 0.15) is 5.54 Å². The van der Waals surface area contributed by atoms with Gasteiger partial charge in [-0.05, 0) is 32.6 Å². The standard InChI is InChI=1S/C10H19NO2/c1-7(2)11-10(9(12)13-4)5-8(3)6-10/h7-8,11H,5-6H2,1-4H3. The van der Waals surface area contributed by atoms with E-state index in [-0.39, 0.29) is 11.5 Å². The Kier molecular flexibility index (Phi) is 2.96. The van der Waals surface area contributed by atoms with Crippen LogP contribution in [0.25, 0.3) is 0 Å². The smallest absolute Gasteiger partial charge is 0.326 e. The van der Waals surface area contributed by atoms with Crippen molar-refractivity contribution in [1.82, 2.24) is 5.32 Å². The van der Waals surface area contributed by atoms with Crippen LogP contribution in [0.2, 0.25) is 0 Å². The highest BCUT2D eigenvalue weighted by Gasteiger charge is 2.49. The van der Waals surface area contributed by atoms with Crippen LogP contribution in [-0.4, -0.2) is 24.7 Å². The van der Waals surface area contributed by atoms with Crippen molar-refractivity contribution in [3.05, 3.63) is 0 Å². The molecule has 0 amide bonds. The van der Waals surface area contributed by atoms with E-state index in [1.165, 1.54) is 7.11 Å². The summed E-state index contributed by atoms with van der Waals surface area (Å²) in [5.74, 6) is 0.518. The van der Waals surface area contributed by atoms with Crippen LogP contribution < -0.4 is 5.32 Å². The van der Waals surface area contributed by atoms with Gasteiger partial charge in [-0.1, -0.05) is 6.92 Å². The van der Waals surface area contributed by atoms with Crippen molar-refractivity contribution in [2.45, 2.75) is 45.2 Å². The van der Waals surface area contributed by atoms with Gasteiger partial charge in [-0.2, -0.15) is 0 Å². The first-order chi connectivity index (χ1) is 6.00. The zero-order valence-electron chi connectivity index (χ0n) is 8.89. The Morgan fingerprint density at radius 2 is 2.08 bits per heavy atom. The first kappa shape index (κ1) is 10.5. The lowest BCUT2D eigenvalue weighted by Crippen LogP contribution is -2.62. The molecule has 1 rings (SSSR count). The third kappa shape index (κ3) is 2.02. The number of hydrogen-bond acceptors (Lipinski definition) is 3. The minimum absolute atomic E-state index is 0.112. The summed E-state index contributed by atoms with van der Waals surface area (Å²) in [6.45, 7) is 6.25. The number of esters is 1. The van der Waals surface area contributed by atoms with Gasteiger partial charge in [-0.25, -0.2) is 0 Å². The van der Waals surface area contributed by atoms with Crippen LogP contribution in [0.4, 0.5) is 0 Å². The molecule has 1 aliphatic carbocycles. The third-order valence-corrected chi connectivity index (χ3v) is 2.53. The first-order valence-corrected chi connectivity index (χ1v) is 4.86. The maximum absolute atomic E-state index is 11.5. The molecule has 13 heavy (non-hydrogen) atoms. The number of rotatable bonds is 3. The number of ether oxygens (including phenoxy) is 1. The van der Waals surface area contributed by atoms with Crippen molar-refractivity contribution >= 4 is 5.97 Å². The zero-order valence-corrected chi connectivity index (χ0v) is 8.89. The lowest BCUT2D eigenvalue weighted by molar-refractivity contribution is -0.155. The van der Waals surface area contributed by atoms with E-state index in [1.807, 2.05) is 13.8 Å². The lowest BCUT2D eigenvalue weighted by Gasteiger charge is -2.45. The fraction of sp³-hybridized carbons (Fsp3) is 0.900. The average Bonchev–Trinajstić information content (AvgIpc) is 1.98. The van der Waals surface area contributed by atoms with Gasteiger partial charge >= 0.3 is 5.97 Å². The summed E-state index contributed by atoms with van der Waals surface area (Å²) in [6.07, 6.45) is 1.80. The maximum atomic E-state index is 11.5. The van der Waals surface area contributed by atoms with Gasteiger partial charge in [-0.3, -0.25) is 10.1 Å². The molecule has 3 nitrogen and oxygen atoms in total. The molecule has 0 aromatic heterocycles. The molecule has 1 fully saturated rings. The molecule has 0 saturated heterocycles. The van der Waals surface area contributed by atoms with E-state index in [9.17, 15) is 4.79 Å². The van der Waals surface area contributed by atoms with Crippen molar-refractivity contribution in [3.8, 4) is 0 Å². The minimum Gasteiger partial charge on any atom is -0.468 e. The minimum atomic E-state index is -0.387. The number of carbonyl (C=O) groups excluding carboxylic acids is 1. The summed E-state index contributed by atoms with van der Waals surface area (Å²) in [5.41, 5.74) is -0.387. The number of carbonyl (C=O) groups is 1. The van der Waals surface area contributed by atoms with Gasteiger partial charge in [0.25, 0.3) is 0 Å². The first-order valence-electron chi connectivity index (χ1n) is 4.86. The summed E-state index contributed by atoms with van der Waals surface area (Å²) in [6, 6.07) is 0.326. The highest BCUT2D eigenvalue weighted by Crippen LogP contribution is 2.38. The Balaban J connectivity index is 2.61. The Labute approximate surface area is 79.8 Å². The summed E-state index contributed by atoms with van der Waals surface area (Å²) < 4.78 is 4.81. The lowest BCUT2D eigenvalue weighted by atomic mass is 9.69. The number of methoxy groups -OCH3 is 1. The van der Waals surface area contributed by atoms with Crippen LogP contribution in [-0.2, 0) is 9.53 Å². The monoisotopic (exact) mass is 185 g/mol. The normalized spacial score (nSPS) is 32.8. The molecule has 1 saturated carbocycles. The summed E-state index contributed by atoms with van der Waals surface area (Å²) in [5, 5.41) is 3.30. The van der Waals surface area contributed by atoms with Crippen LogP contribution in [0.3, 0.4) is 0 Å². The van der Waals surface area contributed by atoms with Crippen molar-refractivity contribution in [2.24, 2.45) is 5.92 Å². The fourth-order valence-corrected chi connectivity index (χ4v) is 2.22. The average molecular weight is 185 g/mol. The Hall–Kier alpha value is -0.570. The van der Waals surface area contributed by atoms with Gasteiger partial charge in [0.15, 0.2) is 0 Å². The maximum Gasteiger partial charge on any atom is 0.326 e. The Morgan fingerprint density at radius 1 is 1.54 bits per heavy atom. The summed E-state index contributed by atoms with van der Waals surface area (Å²) in [7, 11) is 1.45. The van der Waals surface area contributed by atoms with Gasteiger partial charge in [0.05, 0.1) is 7.11 Å². The quantitative estimate of drug-likeness (QED) is 0.674. The van der Waals surface area contributed by atoms with Crippen molar-refractivity contribution in [2.75, 3.05) is 7.11 Å². The molecule has 0 radical (unpaired) electrons. The van der Waals surface area contributed by atoms with E-state index in [4.69, 9.17) is 4.74 Å². The highest BCUT2D eigenvalue weighted by molar-refractivity contribution is 5.82. The van der Waals surface area contributed by atoms with Gasteiger partial charge in [0, 0.05) is 6.04 Å². The molecule has 1 aliphatic rings. The van der Waals surface area contributed by atoms with Crippen LogP contribution in [0, 0.1) is 5.92 Å². The van der Waals surface area contributed by atoms with E-state index in [2.05, 4.69) is 12.2 Å². The number of nitrogens with one attached hydrogen (secondary N) is 1. The van der Waals surface area contributed by atoms with Crippen LogP contribution in [0.15, 0.2) is 0 Å². The molecule has 0 aliphatic heterocycles. The molecular formula is C10H19NO2. The van der Waals surface area contributed by atoms with Crippen LogP contribution in [0.1, 0.15) is 33.6 Å². The molecule has 0 unspecified atom stereocenters. The van der Waals surface area contributed by atoms with E-state index in [0.717, 1.165) is 12.8 Å². The second-order valence-corrected chi connectivity index (χ2v) is 4.39. The highest BCUT2D eigenvalue weighted by atomic mass is 16.5. The molecule has 0 heterocycles. The molecule has 76 valence electrons. The Morgan fingerprint density at radius 3 is 2.38 bits per heavy atom. The topological polar surface area (TPSA) is 38.3 Å². The SMILES string of the molecule is COC(=O)C1(NC(C)C)CC(C)C1. The second kappa shape index (κ2) is 3.66. The zero-order chi connectivity index (χ0) is 10.1. The molecular weight excluding hydrogens is 166 g/mol. The van der Waals surface area contributed by atoms with E-state index >= 15 is 0 Å². The molecule has 0 bridgehead atoms. The summed E-state index contributed by atoms with van der Waals surface area (Å²) >= 11 is 0. The Bertz CT molecular complexity index is 195. The van der Waals surface area contributed by atoms with E-state index in [1.54, 1.807) is 0 Å². The van der Waals surface area contributed by atoms with Crippen molar-refractivity contribution < 1.29 is 9.53 Å². The van der Waals surface area contributed by atoms with Crippen LogP contribution in [0.5, 0.6) is 0 Å². The predicted molar refractivity (Wildman–Crippen MR) is 51.4 cm³/mol. The molecule has 1 N–H and O–H groups in total. The van der Waals surface area contributed by atoms with Gasteiger partial charge in [0.2, 0.25) is 0 Å². The summed E-state index contributed by atoms with van der Waals surface area (Å²) in [4.78, 5) is 11.5. The number of hydrogen-bond donors (Lipinski definition) is 1. The fourth-order valence-electron chi connectivity index (χ4n) is 2.22. The molecule has 0 atom stereocenters. The molecule has 0 aromatic carbocycles. The molecule has 3 heteroatoms. The van der Waals surface area contributed by atoms with Gasteiger partial charge in [-0.15, -0.1) is 0 Å². The van der Waals surface area contributed by atoms with Crippen molar-refractivity contribution in [3.63, 3.8) is 0 Å². The van der Waals surface area contributed by atoms with Gasteiger partial charge < -0.3 is 4.74 Å².